The number of hydrogen-bond acceptors (Lipinski definition) is 6. The predicted molar refractivity (Wildman–Crippen MR) is 144 cm³/mol. The highest BCUT2D eigenvalue weighted by atomic mass is 35.5. The summed E-state index contributed by atoms with van der Waals surface area (Å²) in [4.78, 5) is 19.5. The Balaban J connectivity index is 1.50. The first kappa shape index (κ1) is 29.3. The van der Waals surface area contributed by atoms with E-state index in [9.17, 15) is 26.4 Å². The maximum absolute atomic E-state index is 13.1. The van der Waals surface area contributed by atoms with Crippen molar-refractivity contribution in [3.8, 4) is 11.1 Å². The number of anilines is 2. The van der Waals surface area contributed by atoms with Crippen LogP contribution < -0.4 is 15.4 Å². The summed E-state index contributed by atoms with van der Waals surface area (Å²) in [6.45, 7) is 0.252. The Morgan fingerprint density at radius 2 is 1.75 bits per heavy atom. The topological polar surface area (TPSA) is 134 Å². The number of carbonyl (C=O) groups excluding carboxylic acids is 1. The van der Waals surface area contributed by atoms with E-state index in [2.05, 4.69) is 25.3 Å². The molecule has 0 saturated heterocycles. The average molecular weight is 598 g/mol. The summed E-state index contributed by atoms with van der Waals surface area (Å²) in [5, 5.41) is 4.55. The number of carbonyl (C=O) groups is 1. The maximum Gasteiger partial charge on any atom is 0.417 e. The smallest absolute Gasteiger partial charge is 0.382 e. The zero-order valence-corrected chi connectivity index (χ0v) is 22.4. The molecule has 0 aliphatic heterocycles. The lowest BCUT2D eigenvalue weighted by Gasteiger charge is -2.12. The molecule has 0 radical (unpaired) electrons. The number of halogens is 4. The Labute approximate surface area is 231 Å². The number of aromatic amines is 1. The molecule has 15 heteroatoms. The quantitative estimate of drug-likeness (QED) is 0.142. The number of ether oxygens (including phenoxy) is 2. The summed E-state index contributed by atoms with van der Waals surface area (Å²) in [6.07, 6.45) is -1.67. The van der Waals surface area contributed by atoms with Crippen molar-refractivity contribution in [1.82, 2.24) is 14.7 Å². The molecule has 212 valence electrons. The van der Waals surface area contributed by atoms with Gasteiger partial charge in [-0.05, 0) is 42.0 Å². The summed E-state index contributed by atoms with van der Waals surface area (Å²) < 4.78 is 77.6. The number of sulfonamides is 1. The van der Waals surface area contributed by atoms with Gasteiger partial charge in [0.25, 0.3) is 10.0 Å². The van der Waals surface area contributed by atoms with Crippen molar-refractivity contribution < 1.29 is 35.9 Å². The minimum Gasteiger partial charge on any atom is -0.382 e. The molecule has 2 aromatic heterocycles. The zero-order chi connectivity index (χ0) is 28.9. The minimum atomic E-state index is -4.67. The van der Waals surface area contributed by atoms with Crippen LogP contribution in [0.1, 0.15) is 5.56 Å². The first-order chi connectivity index (χ1) is 19.0. The third-order valence-electron chi connectivity index (χ3n) is 5.58. The number of pyridine rings is 1. The van der Waals surface area contributed by atoms with Gasteiger partial charge < -0.3 is 25.1 Å². The van der Waals surface area contributed by atoms with Gasteiger partial charge in [-0.2, -0.15) is 17.9 Å². The lowest BCUT2D eigenvalue weighted by molar-refractivity contribution is -0.137. The largest absolute Gasteiger partial charge is 0.417 e. The van der Waals surface area contributed by atoms with E-state index in [-0.39, 0.29) is 24.1 Å². The lowest BCUT2D eigenvalue weighted by Crippen LogP contribution is -2.28. The molecule has 40 heavy (non-hydrogen) atoms. The van der Waals surface area contributed by atoms with E-state index in [0.29, 0.717) is 34.3 Å². The molecule has 2 amide bonds. The first-order valence-corrected chi connectivity index (χ1v) is 13.4. The van der Waals surface area contributed by atoms with Crippen LogP contribution in [0.15, 0.2) is 66.0 Å². The molecule has 4 aromatic rings. The van der Waals surface area contributed by atoms with Crippen LogP contribution in [0.25, 0.3) is 22.0 Å². The Morgan fingerprint density at radius 3 is 2.45 bits per heavy atom. The van der Waals surface area contributed by atoms with Crippen LogP contribution in [0, 0.1) is 0 Å². The fourth-order valence-electron chi connectivity index (χ4n) is 3.73. The van der Waals surface area contributed by atoms with Crippen molar-refractivity contribution in [1.29, 1.82) is 0 Å². The first-order valence-electron chi connectivity index (χ1n) is 11.6. The molecule has 2 aromatic carbocycles. The van der Waals surface area contributed by atoms with Crippen LogP contribution in [0.4, 0.5) is 29.3 Å². The second-order valence-electron chi connectivity index (χ2n) is 8.28. The molecule has 0 fully saturated rings. The molecule has 2 heterocycles. The molecular weight excluding hydrogens is 575 g/mol. The maximum atomic E-state index is 13.1. The van der Waals surface area contributed by atoms with Crippen LogP contribution in [0.2, 0.25) is 5.02 Å². The van der Waals surface area contributed by atoms with E-state index in [1.807, 2.05) is 0 Å². The number of fused-ring (bicyclic) bond motifs is 1. The third kappa shape index (κ3) is 6.89. The summed E-state index contributed by atoms with van der Waals surface area (Å²) in [5.41, 5.74) is 0.870. The molecule has 0 bridgehead atoms. The van der Waals surface area contributed by atoms with Crippen LogP contribution in [-0.2, 0) is 25.7 Å². The molecule has 0 spiro atoms. The highest BCUT2D eigenvalue weighted by Crippen LogP contribution is 2.36. The lowest BCUT2D eigenvalue weighted by atomic mass is 10.1. The van der Waals surface area contributed by atoms with Crippen LogP contribution in [-0.4, -0.2) is 51.5 Å². The molecule has 0 saturated carbocycles. The van der Waals surface area contributed by atoms with Crippen molar-refractivity contribution in [3.05, 3.63) is 71.5 Å². The molecule has 0 unspecified atom stereocenters. The van der Waals surface area contributed by atoms with Crippen molar-refractivity contribution in [3.63, 3.8) is 0 Å². The minimum absolute atomic E-state index is 0.0939. The van der Waals surface area contributed by atoms with Crippen molar-refractivity contribution in [2.45, 2.75) is 11.2 Å². The molecule has 4 rings (SSSR count). The number of benzene rings is 2. The Hall–Kier alpha value is -3.69. The molecule has 10 nitrogen and oxygen atoms in total. The molecular formula is C25H23ClF3N5O5S. The van der Waals surface area contributed by atoms with Crippen molar-refractivity contribution >= 4 is 49.9 Å². The SMILES string of the molecule is COCCOCNS(=O)(=O)c1nccc2[nH]cc(-c3ccc(NC(=O)Nc4ccc(Cl)c(C(F)(F)F)c4)cc3)c12. The van der Waals surface area contributed by atoms with E-state index in [0.717, 1.165) is 12.1 Å². The van der Waals surface area contributed by atoms with Gasteiger partial charge in [0.1, 0.15) is 6.73 Å². The van der Waals surface area contributed by atoms with E-state index < -0.39 is 32.8 Å². The number of nitrogens with one attached hydrogen (secondary N) is 4. The normalized spacial score (nSPS) is 12.0. The number of nitrogens with zero attached hydrogens (tertiary/aromatic N) is 1. The van der Waals surface area contributed by atoms with E-state index in [4.69, 9.17) is 21.1 Å². The van der Waals surface area contributed by atoms with Gasteiger partial charge in [-0.15, -0.1) is 0 Å². The number of amides is 2. The molecule has 0 aliphatic rings. The summed E-state index contributed by atoms with van der Waals surface area (Å²) in [7, 11) is -2.53. The molecule has 0 aliphatic carbocycles. The second-order valence-corrected chi connectivity index (χ2v) is 10.4. The van der Waals surface area contributed by atoms with Crippen LogP contribution in [0.3, 0.4) is 0 Å². The Kier molecular flexibility index (Phi) is 8.95. The van der Waals surface area contributed by atoms with Gasteiger partial charge in [-0.3, -0.25) is 0 Å². The summed E-state index contributed by atoms with van der Waals surface area (Å²) in [5.74, 6) is 0. The van der Waals surface area contributed by atoms with Gasteiger partial charge in [0.2, 0.25) is 0 Å². The number of aromatic nitrogens is 2. The van der Waals surface area contributed by atoms with E-state index >= 15 is 0 Å². The monoisotopic (exact) mass is 597 g/mol. The van der Waals surface area contributed by atoms with Gasteiger partial charge in [0.05, 0.1) is 29.3 Å². The standard InChI is InChI=1S/C25H23ClF3N5O5S/c1-38-10-11-39-14-32-40(36,37)23-22-18(13-31-21(22)8-9-30-23)15-2-4-16(5-3-15)33-24(35)34-17-6-7-20(26)19(12-17)25(27,28)29/h2-9,12-13,31-32H,10-11,14H2,1H3,(H2,33,34,35). The Morgan fingerprint density at radius 1 is 1.05 bits per heavy atom. The molecule has 4 N–H and O–H groups in total. The van der Waals surface area contributed by atoms with Crippen LogP contribution >= 0.6 is 11.6 Å². The van der Waals surface area contributed by atoms with Crippen molar-refractivity contribution in [2.75, 3.05) is 37.7 Å². The van der Waals surface area contributed by atoms with Gasteiger partial charge in [0.15, 0.2) is 5.03 Å². The molecule has 0 atom stereocenters. The van der Waals surface area contributed by atoms with Crippen molar-refractivity contribution in [2.24, 2.45) is 0 Å². The second kappa shape index (κ2) is 12.2. The number of rotatable bonds is 10. The zero-order valence-electron chi connectivity index (χ0n) is 20.8. The van der Waals surface area contributed by atoms with Gasteiger partial charge in [0, 0.05) is 41.8 Å². The average Bonchev–Trinajstić information content (AvgIpc) is 3.34. The predicted octanol–water partition coefficient (Wildman–Crippen LogP) is 5.44. The van der Waals surface area contributed by atoms with Crippen LogP contribution in [0.5, 0.6) is 0 Å². The van der Waals surface area contributed by atoms with Gasteiger partial charge in [-0.1, -0.05) is 23.7 Å². The highest BCUT2D eigenvalue weighted by molar-refractivity contribution is 7.89. The fraction of sp³-hybridized carbons (Fsp3) is 0.200. The fourth-order valence-corrected chi connectivity index (χ4v) is 5.01. The van der Waals surface area contributed by atoms with E-state index in [1.165, 1.54) is 19.4 Å². The highest BCUT2D eigenvalue weighted by Gasteiger charge is 2.33. The van der Waals surface area contributed by atoms with Gasteiger partial charge >= 0.3 is 12.2 Å². The number of H-pyrrole nitrogens is 1. The third-order valence-corrected chi connectivity index (χ3v) is 7.22. The number of hydrogen-bond donors (Lipinski definition) is 4. The number of urea groups is 1. The number of alkyl halides is 3. The van der Waals surface area contributed by atoms with Gasteiger partial charge in [-0.25, -0.2) is 18.2 Å². The Bertz CT molecular complexity index is 1610. The number of methoxy groups -OCH3 is 1. The summed E-state index contributed by atoms with van der Waals surface area (Å²) in [6, 6.07) is 10.3. The van der Waals surface area contributed by atoms with E-state index in [1.54, 1.807) is 36.5 Å². The summed E-state index contributed by atoms with van der Waals surface area (Å²) >= 11 is 5.61.